The fourth-order valence-corrected chi connectivity index (χ4v) is 0.689. The van der Waals surface area contributed by atoms with E-state index >= 15 is 0 Å². The van der Waals surface area contributed by atoms with Crippen LogP contribution in [0.25, 0.3) is 0 Å². The van der Waals surface area contributed by atoms with Crippen molar-refractivity contribution >= 4 is 0 Å². The number of nitrogens with zero attached hydrogens (tertiary/aromatic N) is 2. The Kier molecular flexibility index (Phi) is 3.19. The van der Waals surface area contributed by atoms with Crippen LogP contribution in [0.1, 0.15) is 31.7 Å². The minimum atomic E-state index is -0.715. The fourth-order valence-electron chi connectivity index (χ4n) is 0.689. The van der Waals surface area contributed by atoms with Crippen LogP contribution in [0.4, 0.5) is 0 Å². The Morgan fingerprint density at radius 1 is 1.67 bits per heavy atom. The Labute approximate surface area is 70.3 Å². The van der Waals surface area contributed by atoms with Crippen LogP contribution in [0.15, 0.2) is 4.52 Å². The molecular weight excluding hydrogens is 160 g/mol. The summed E-state index contributed by atoms with van der Waals surface area (Å²) in [6.07, 6.45) is -0.715. The van der Waals surface area contributed by atoms with Crippen molar-refractivity contribution in [3.8, 4) is 0 Å². The van der Waals surface area contributed by atoms with Gasteiger partial charge in [0, 0.05) is 6.61 Å². The van der Waals surface area contributed by atoms with Crippen molar-refractivity contribution in [2.24, 2.45) is 0 Å². The van der Waals surface area contributed by atoms with Crippen molar-refractivity contribution in [3.63, 3.8) is 0 Å². The van der Waals surface area contributed by atoms with Crippen molar-refractivity contribution in [3.05, 3.63) is 11.7 Å². The van der Waals surface area contributed by atoms with E-state index in [0.717, 1.165) is 0 Å². The van der Waals surface area contributed by atoms with Gasteiger partial charge in [0.25, 0.3) is 5.89 Å². The lowest BCUT2D eigenvalue weighted by Crippen LogP contribution is -1.95. The molecule has 5 heteroatoms. The minimum Gasteiger partial charge on any atom is -0.384 e. The molecule has 0 amide bonds. The van der Waals surface area contributed by atoms with E-state index in [0.29, 0.717) is 19.0 Å². The second-order valence-corrected chi connectivity index (χ2v) is 2.36. The van der Waals surface area contributed by atoms with Crippen LogP contribution in [0.5, 0.6) is 0 Å². The molecule has 0 saturated heterocycles. The molecule has 1 atom stereocenters. The number of aromatic nitrogens is 2. The quantitative estimate of drug-likeness (QED) is 0.722. The largest absolute Gasteiger partial charge is 0.384 e. The predicted molar refractivity (Wildman–Crippen MR) is 40.3 cm³/mol. The van der Waals surface area contributed by atoms with Crippen LogP contribution < -0.4 is 0 Å². The Balaban J connectivity index is 2.52. The van der Waals surface area contributed by atoms with Crippen molar-refractivity contribution in [1.29, 1.82) is 0 Å². The highest BCUT2D eigenvalue weighted by Gasteiger charge is 2.10. The Bertz CT molecular complexity index is 234. The highest BCUT2D eigenvalue weighted by molar-refractivity contribution is 4.86. The lowest BCUT2D eigenvalue weighted by atomic mass is 10.4. The van der Waals surface area contributed by atoms with Gasteiger partial charge < -0.3 is 14.4 Å². The first kappa shape index (κ1) is 9.15. The highest BCUT2D eigenvalue weighted by atomic mass is 16.5. The zero-order valence-corrected chi connectivity index (χ0v) is 7.15. The van der Waals surface area contributed by atoms with Gasteiger partial charge in [0.2, 0.25) is 0 Å². The summed E-state index contributed by atoms with van der Waals surface area (Å²) in [5.74, 6) is 0.692. The van der Waals surface area contributed by atoms with Gasteiger partial charge in [-0.25, -0.2) is 0 Å². The molecule has 1 heterocycles. The summed E-state index contributed by atoms with van der Waals surface area (Å²) >= 11 is 0. The molecule has 0 spiro atoms. The lowest BCUT2D eigenvalue weighted by molar-refractivity contribution is 0.125. The summed E-state index contributed by atoms with van der Waals surface area (Å²) in [5, 5.41) is 12.6. The molecule has 1 rings (SSSR count). The van der Waals surface area contributed by atoms with Gasteiger partial charge in [-0.2, -0.15) is 4.98 Å². The van der Waals surface area contributed by atoms with E-state index in [1.807, 2.05) is 6.92 Å². The van der Waals surface area contributed by atoms with Gasteiger partial charge in [0.05, 0.1) is 0 Å². The van der Waals surface area contributed by atoms with Gasteiger partial charge in [0.15, 0.2) is 5.82 Å². The number of aliphatic hydroxyl groups is 1. The third kappa shape index (κ3) is 2.28. The minimum absolute atomic E-state index is 0.227. The van der Waals surface area contributed by atoms with E-state index in [9.17, 15) is 0 Å². The van der Waals surface area contributed by atoms with Gasteiger partial charge in [0.1, 0.15) is 12.7 Å². The zero-order chi connectivity index (χ0) is 8.97. The zero-order valence-electron chi connectivity index (χ0n) is 7.15. The fraction of sp³-hybridized carbons (Fsp3) is 0.714. The maximum atomic E-state index is 9.03. The van der Waals surface area contributed by atoms with E-state index in [4.69, 9.17) is 14.4 Å². The molecule has 68 valence electrons. The number of hydrogen-bond donors (Lipinski definition) is 1. The van der Waals surface area contributed by atoms with Crippen LogP contribution in [-0.4, -0.2) is 21.9 Å². The van der Waals surface area contributed by atoms with Crippen molar-refractivity contribution in [1.82, 2.24) is 10.1 Å². The second kappa shape index (κ2) is 4.18. The molecule has 1 aromatic rings. The average molecular weight is 172 g/mol. The first-order chi connectivity index (χ1) is 5.74. The number of ether oxygens (including phenoxy) is 1. The van der Waals surface area contributed by atoms with E-state index in [1.54, 1.807) is 6.92 Å². The Morgan fingerprint density at radius 3 is 2.92 bits per heavy atom. The Hall–Kier alpha value is -0.940. The van der Waals surface area contributed by atoms with Gasteiger partial charge in [-0.1, -0.05) is 5.16 Å². The number of hydrogen-bond acceptors (Lipinski definition) is 5. The van der Waals surface area contributed by atoms with Crippen molar-refractivity contribution < 1.29 is 14.4 Å². The van der Waals surface area contributed by atoms with Crippen LogP contribution >= 0.6 is 0 Å². The standard InChI is InChI=1S/C7H12N2O3/c1-3-11-4-6-8-7(5(2)10)12-9-6/h5,10H,3-4H2,1-2H3/t5-/m0/s1. The molecule has 0 aromatic carbocycles. The average Bonchev–Trinajstić information content (AvgIpc) is 2.48. The lowest BCUT2D eigenvalue weighted by Gasteiger charge is -1.93. The molecule has 0 radical (unpaired) electrons. The summed E-state index contributed by atoms with van der Waals surface area (Å²) in [7, 11) is 0. The molecule has 0 fully saturated rings. The van der Waals surface area contributed by atoms with Gasteiger partial charge in [-0.3, -0.25) is 0 Å². The highest BCUT2D eigenvalue weighted by Crippen LogP contribution is 2.08. The first-order valence-corrected chi connectivity index (χ1v) is 3.82. The molecule has 0 aliphatic carbocycles. The third-order valence-electron chi connectivity index (χ3n) is 1.28. The molecule has 0 unspecified atom stereocenters. The normalized spacial score (nSPS) is 13.2. The SMILES string of the molecule is CCOCc1noc([C@H](C)O)n1. The molecule has 5 nitrogen and oxygen atoms in total. The molecule has 12 heavy (non-hydrogen) atoms. The van der Waals surface area contributed by atoms with Crippen LogP contribution in [0.2, 0.25) is 0 Å². The summed E-state index contributed by atoms with van der Waals surface area (Å²) in [5.41, 5.74) is 0. The van der Waals surface area contributed by atoms with E-state index in [2.05, 4.69) is 10.1 Å². The maximum absolute atomic E-state index is 9.03. The monoisotopic (exact) mass is 172 g/mol. The van der Waals surface area contributed by atoms with Crippen molar-refractivity contribution in [2.45, 2.75) is 26.6 Å². The van der Waals surface area contributed by atoms with Crippen LogP contribution in [0, 0.1) is 0 Å². The van der Waals surface area contributed by atoms with E-state index in [-0.39, 0.29) is 5.89 Å². The predicted octanol–water partition coefficient (Wildman–Crippen LogP) is 0.659. The molecule has 0 bridgehead atoms. The van der Waals surface area contributed by atoms with Crippen LogP contribution in [-0.2, 0) is 11.3 Å². The molecule has 0 aliphatic heterocycles. The Morgan fingerprint density at radius 2 is 2.42 bits per heavy atom. The summed E-state index contributed by atoms with van der Waals surface area (Å²) in [4.78, 5) is 3.89. The van der Waals surface area contributed by atoms with E-state index < -0.39 is 6.10 Å². The topological polar surface area (TPSA) is 68.4 Å². The van der Waals surface area contributed by atoms with Crippen molar-refractivity contribution in [2.75, 3.05) is 6.61 Å². The summed E-state index contributed by atoms with van der Waals surface area (Å²) in [6, 6.07) is 0. The summed E-state index contributed by atoms with van der Waals surface area (Å²) < 4.78 is 9.78. The molecule has 0 saturated carbocycles. The summed E-state index contributed by atoms with van der Waals surface area (Å²) in [6.45, 7) is 4.39. The van der Waals surface area contributed by atoms with Crippen LogP contribution in [0.3, 0.4) is 0 Å². The van der Waals surface area contributed by atoms with Gasteiger partial charge in [-0.15, -0.1) is 0 Å². The number of rotatable bonds is 4. The first-order valence-electron chi connectivity index (χ1n) is 3.82. The smallest absolute Gasteiger partial charge is 0.255 e. The number of aliphatic hydroxyl groups excluding tert-OH is 1. The molecule has 1 aromatic heterocycles. The van der Waals surface area contributed by atoms with E-state index in [1.165, 1.54) is 0 Å². The molecule has 1 N–H and O–H groups in total. The maximum Gasteiger partial charge on any atom is 0.255 e. The second-order valence-electron chi connectivity index (χ2n) is 2.36. The molecule has 0 aliphatic rings. The van der Waals surface area contributed by atoms with Gasteiger partial charge >= 0.3 is 0 Å². The molecular formula is C7H12N2O3. The third-order valence-corrected chi connectivity index (χ3v) is 1.28. The van der Waals surface area contributed by atoms with Gasteiger partial charge in [-0.05, 0) is 13.8 Å².